The van der Waals surface area contributed by atoms with Crippen LogP contribution in [0.15, 0.2) is 30.0 Å². The summed E-state index contributed by atoms with van der Waals surface area (Å²) in [6.45, 7) is 7.43. The van der Waals surface area contributed by atoms with Crippen LogP contribution in [0.1, 0.15) is 51.5 Å². The minimum Gasteiger partial charge on any atom is -0.344 e. The van der Waals surface area contributed by atoms with Crippen molar-refractivity contribution in [2.45, 2.75) is 51.4 Å². The molecule has 6 heteroatoms. The Balaban J connectivity index is 1.75. The molecular weight excluding hydrogens is 364 g/mol. The van der Waals surface area contributed by atoms with E-state index in [1.165, 1.54) is 43.6 Å². The van der Waals surface area contributed by atoms with Crippen LogP contribution in [0.2, 0.25) is 0 Å². The minimum atomic E-state index is -0.284. The zero-order valence-electron chi connectivity index (χ0n) is 18.1. The number of nitrogens with zero attached hydrogens (tertiary/aromatic N) is 4. The molecule has 0 amide bonds. The van der Waals surface area contributed by atoms with Crippen LogP contribution >= 0.6 is 0 Å². The molecule has 0 aromatic heterocycles. The van der Waals surface area contributed by atoms with Crippen molar-refractivity contribution in [3.8, 4) is 0 Å². The second-order valence-corrected chi connectivity index (χ2v) is 9.41. The first kappa shape index (κ1) is 19.9. The molecule has 1 saturated carbocycles. The lowest BCUT2D eigenvalue weighted by molar-refractivity contribution is -0.485. The number of hydrogen-bond donors (Lipinski definition) is 0. The number of non-ortho nitro benzene ring substituents is 1. The van der Waals surface area contributed by atoms with Gasteiger partial charge in [-0.05, 0) is 24.0 Å². The molecule has 156 valence electrons. The first-order valence-corrected chi connectivity index (χ1v) is 10.9. The van der Waals surface area contributed by atoms with Gasteiger partial charge in [-0.1, -0.05) is 39.5 Å². The molecule has 0 spiro atoms. The van der Waals surface area contributed by atoms with Gasteiger partial charge in [-0.15, -0.1) is 0 Å². The van der Waals surface area contributed by atoms with Crippen LogP contribution in [-0.2, 0) is 5.41 Å². The van der Waals surface area contributed by atoms with Crippen molar-refractivity contribution >= 4 is 17.2 Å². The van der Waals surface area contributed by atoms with E-state index in [0.29, 0.717) is 0 Å². The molecule has 1 aromatic carbocycles. The van der Waals surface area contributed by atoms with Gasteiger partial charge in [-0.3, -0.25) is 19.6 Å². The van der Waals surface area contributed by atoms with Crippen LogP contribution in [0.5, 0.6) is 0 Å². The van der Waals surface area contributed by atoms with Gasteiger partial charge in [0.15, 0.2) is 0 Å². The SMILES string of the molecule is CN1CC[N+](C)=C1/C=C1/N(CCC2CCCC2)c2ccc([N+](=O)[O-])cc2C1(C)C. The number of hydrogen-bond acceptors (Lipinski definition) is 4. The fourth-order valence-corrected chi connectivity index (χ4v) is 5.25. The van der Waals surface area contributed by atoms with E-state index in [9.17, 15) is 10.1 Å². The van der Waals surface area contributed by atoms with E-state index < -0.39 is 0 Å². The molecule has 0 bridgehead atoms. The van der Waals surface area contributed by atoms with Gasteiger partial charge in [0, 0.05) is 41.6 Å². The van der Waals surface area contributed by atoms with E-state index >= 15 is 0 Å². The van der Waals surface area contributed by atoms with Crippen molar-refractivity contribution in [3.63, 3.8) is 0 Å². The van der Waals surface area contributed by atoms with Crippen LogP contribution in [-0.4, -0.2) is 54.0 Å². The molecular formula is C23H33N4O2+. The van der Waals surface area contributed by atoms with Crippen molar-refractivity contribution < 1.29 is 9.50 Å². The zero-order chi connectivity index (χ0) is 20.8. The predicted octanol–water partition coefficient (Wildman–Crippen LogP) is 4.14. The molecule has 1 aromatic rings. The zero-order valence-corrected chi connectivity index (χ0v) is 18.1. The van der Waals surface area contributed by atoms with Gasteiger partial charge in [0.25, 0.3) is 11.5 Å². The number of rotatable bonds is 5. The number of likely N-dealkylation sites (N-methyl/N-ethyl adjacent to an activating group) is 2. The number of benzene rings is 1. The van der Waals surface area contributed by atoms with Gasteiger partial charge in [0.05, 0.1) is 19.0 Å². The predicted molar refractivity (Wildman–Crippen MR) is 117 cm³/mol. The summed E-state index contributed by atoms with van der Waals surface area (Å²) in [4.78, 5) is 15.8. The molecule has 6 nitrogen and oxygen atoms in total. The van der Waals surface area contributed by atoms with Crippen LogP contribution < -0.4 is 4.90 Å². The Morgan fingerprint density at radius 2 is 2.03 bits per heavy atom. The number of nitro benzene ring substituents is 1. The van der Waals surface area contributed by atoms with Gasteiger partial charge in [0.2, 0.25) is 0 Å². The van der Waals surface area contributed by atoms with E-state index in [0.717, 1.165) is 36.8 Å². The smallest absolute Gasteiger partial charge is 0.273 e. The highest BCUT2D eigenvalue weighted by atomic mass is 16.6. The van der Waals surface area contributed by atoms with E-state index in [1.54, 1.807) is 12.1 Å². The molecule has 2 aliphatic heterocycles. The Morgan fingerprint density at radius 1 is 1.31 bits per heavy atom. The third-order valence-electron chi connectivity index (χ3n) is 7.14. The van der Waals surface area contributed by atoms with Crippen molar-refractivity contribution in [1.29, 1.82) is 0 Å². The fraction of sp³-hybridized carbons (Fsp3) is 0.609. The van der Waals surface area contributed by atoms with Crippen molar-refractivity contribution in [2.75, 3.05) is 38.6 Å². The molecule has 2 heterocycles. The highest BCUT2D eigenvalue weighted by Gasteiger charge is 2.42. The molecule has 0 saturated heterocycles. The lowest BCUT2D eigenvalue weighted by Crippen LogP contribution is -2.31. The average Bonchev–Trinajstić information content (AvgIpc) is 3.35. The Morgan fingerprint density at radius 3 is 2.66 bits per heavy atom. The van der Waals surface area contributed by atoms with Crippen molar-refractivity contribution in [2.24, 2.45) is 5.92 Å². The third kappa shape index (κ3) is 3.53. The summed E-state index contributed by atoms with van der Waals surface area (Å²) in [5.41, 5.74) is 3.36. The Kier molecular flexibility index (Phi) is 5.13. The number of nitro groups is 1. The molecule has 0 radical (unpaired) electrons. The van der Waals surface area contributed by atoms with E-state index in [2.05, 4.69) is 48.4 Å². The van der Waals surface area contributed by atoms with E-state index in [-0.39, 0.29) is 16.0 Å². The summed E-state index contributed by atoms with van der Waals surface area (Å²) in [6, 6.07) is 5.39. The minimum absolute atomic E-state index is 0.177. The highest BCUT2D eigenvalue weighted by Crippen LogP contribution is 2.49. The lowest BCUT2D eigenvalue weighted by Gasteiger charge is -2.28. The maximum atomic E-state index is 11.4. The number of amidine groups is 1. The lowest BCUT2D eigenvalue weighted by atomic mass is 9.83. The maximum absolute atomic E-state index is 11.4. The van der Waals surface area contributed by atoms with E-state index in [4.69, 9.17) is 0 Å². The summed E-state index contributed by atoms with van der Waals surface area (Å²) >= 11 is 0. The quantitative estimate of drug-likeness (QED) is 0.426. The molecule has 1 aliphatic carbocycles. The molecule has 3 aliphatic rings. The van der Waals surface area contributed by atoms with Crippen LogP contribution in [0.3, 0.4) is 0 Å². The van der Waals surface area contributed by atoms with Crippen molar-refractivity contribution in [3.05, 3.63) is 45.6 Å². The second kappa shape index (κ2) is 7.47. The van der Waals surface area contributed by atoms with Crippen molar-refractivity contribution in [1.82, 2.24) is 4.90 Å². The first-order valence-electron chi connectivity index (χ1n) is 10.9. The van der Waals surface area contributed by atoms with Gasteiger partial charge in [0.1, 0.15) is 13.1 Å². The molecule has 0 N–H and O–H groups in total. The van der Waals surface area contributed by atoms with Crippen LogP contribution in [0, 0.1) is 16.0 Å². The molecule has 1 fully saturated rings. The Labute approximate surface area is 173 Å². The second-order valence-electron chi connectivity index (χ2n) is 9.41. The topological polar surface area (TPSA) is 52.6 Å². The summed E-state index contributed by atoms with van der Waals surface area (Å²) in [5.74, 6) is 2.03. The summed E-state index contributed by atoms with van der Waals surface area (Å²) < 4.78 is 2.30. The van der Waals surface area contributed by atoms with Gasteiger partial charge in [-0.2, -0.15) is 0 Å². The number of fused-ring (bicyclic) bond motifs is 1. The Hall–Kier alpha value is -2.37. The summed E-state index contributed by atoms with van der Waals surface area (Å²) in [5, 5.41) is 11.4. The van der Waals surface area contributed by atoms with Crippen LogP contribution in [0.25, 0.3) is 0 Å². The molecule has 0 atom stereocenters. The first-order chi connectivity index (χ1) is 13.8. The number of allylic oxidation sites excluding steroid dienone is 1. The normalized spacial score (nSPS) is 22.8. The maximum Gasteiger partial charge on any atom is 0.273 e. The fourth-order valence-electron chi connectivity index (χ4n) is 5.25. The summed E-state index contributed by atoms with van der Waals surface area (Å²) in [6.07, 6.45) is 8.89. The standard InChI is InChI=1S/C23H33N4O2/c1-23(2)19-15-18(27(28)29)9-10-20(19)26(12-11-17-7-5-6-8-17)21(23)16-22-24(3)13-14-25(22)4/h9-10,15-17H,5-8,11-14H2,1-4H3/q+1. The average molecular weight is 398 g/mol. The van der Waals surface area contributed by atoms with E-state index in [1.807, 2.05) is 6.07 Å². The largest absolute Gasteiger partial charge is 0.344 e. The summed E-state index contributed by atoms with van der Waals surface area (Å²) in [7, 11) is 4.28. The van der Waals surface area contributed by atoms with Gasteiger partial charge in [-0.25, -0.2) is 0 Å². The molecule has 29 heavy (non-hydrogen) atoms. The Bertz CT molecular complexity index is 881. The monoisotopic (exact) mass is 397 g/mol. The third-order valence-corrected chi connectivity index (χ3v) is 7.14. The highest BCUT2D eigenvalue weighted by molar-refractivity contribution is 5.92. The van der Waals surface area contributed by atoms with Gasteiger partial charge >= 0.3 is 0 Å². The number of anilines is 1. The molecule has 0 unspecified atom stereocenters. The van der Waals surface area contributed by atoms with Gasteiger partial charge < -0.3 is 4.90 Å². The molecule has 4 rings (SSSR count). The van der Waals surface area contributed by atoms with Crippen LogP contribution in [0.4, 0.5) is 11.4 Å².